The zero-order valence-corrected chi connectivity index (χ0v) is 24.7. The number of hydrogen-bond acceptors (Lipinski definition) is 4. The van der Waals surface area contributed by atoms with Gasteiger partial charge in [0.05, 0.1) is 10.6 Å². The molecule has 9 heteroatoms. The molecule has 4 rings (SSSR count). The molecule has 41 heavy (non-hydrogen) atoms. The highest BCUT2D eigenvalue weighted by atomic mass is 32.2. The van der Waals surface area contributed by atoms with Gasteiger partial charge in [-0.25, -0.2) is 12.8 Å². The molecule has 1 aliphatic carbocycles. The second-order valence-electron chi connectivity index (χ2n) is 10.7. The molecule has 0 radical (unpaired) electrons. The minimum Gasteiger partial charge on any atom is -0.352 e. The summed E-state index contributed by atoms with van der Waals surface area (Å²) in [6, 6.07) is 18.2. The first kappa shape index (κ1) is 30.2. The molecule has 0 spiro atoms. The fourth-order valence-electron chi connectivity index (χ4n) is 5.09. The normalized spacial score (nSPS) is 14.7. The van der Waals surface area contributed by atoms with Crippen LogP contribution in [0.4, 0.5) is 10.1 Å². The van der Waals surface area contributed by atoms with Crippen molar-refractivity contribution in [1.29, 1.82) is 0 Å². The van der Waals surface area contributed by atoms with E-state index in [0.717, 1.165) is 47.5 Å². The minimum atomic E-state index is -4.15. The first-order valence-electron chi connectivity index (χ1n) is 14.1. The fourth-order valence-corrected chi connectivity index (χ4v) is 6.52. The van der Waals surface area contributed by atoms with Gasteiger partial charge in [0.25, 0.3) is 10.0 Å². The number of rotatable bonds is 10. The Bertz CT molecular complexity index is 1470. The number of carbonyl (C=O) groups excluding carboxylic acids is 2. The Morgan fingerprint density at radius 1 is 0.927 bits per heavy atom. The van der Waals surface area contributed by atoms with Gasteiger partial charge in [0, 0.05) is 18.2 Å². The van der Waals surface area contributed by atoms with Crippen LogP contribution in [0.1, 0.15) is 55.7 Å². The van der Waals surface area contributed by atoms with Gasteiger partial charge in [0.2, 0.25) is 11.8 Å². The van der Waals surface area contributed by atoms with Crippen molar-refractivity contribution in [1.82, 2.24) is 10.2 Å². The van der Waals surface area contributed by atoms with Gasteiger partial charge in [0.1, 0.15) is 18.4 Å². The van der Waals surface area contributed by atoms with E-state index in [1.807, 2.05) is 13.8 Å². The molecule has 1 N–H and O–H groups in total. The van der Waals surface area contributed by atoms with E-state index in [1.54, 1.807) is 61.5 Å². The van der Waals surface area contributed by atoms with Crippen LogP contribution in [0.15, 0.2) is 77.7 Å². The predicted octanol–water partition coefficient (Wildman–Crippen LogP) is 5.50. The molecule has 3 aromatic carbocycles. The van der Waals surface area contributed by atoms with Gasteiger partial charge in [0.15, 0.2) is 0 Å². The van der Waals surface area contributed by atoms with Crippen LogP contribution in [0, 0.1) is 19.7 Å². The summed E-state index contributed by atoms with van der Waals surface area (Å²) >= 11 is 0. The molecule has 2 amide bonds. The Kier molecular flexibility index (Phi) is 9.81. The molecule has 1 atom stereocenters. The van der Waals surface area contributed by atoms with Crippen molar-refractivity contribution in [2.75, 3.05) is 10.8 Å². The van der Waals surface area contributed by atoms with E-state index in [4.69, 9.17) is 0 Å². The van der Waals surface area contributed by atoms with Crippen molar-refractivity contribution >= 4 is 27.5 Å². The number of sulfonamides is 1. The molecule has 3 aromatic rings. The molecule has 0 heterocycles. The highest BCUT2D eigenvalue weighted by molar-refractivity contribution is 7.92. The Morgan fingerprint density at radius 2 is 1.59 bits per heavy atom. The summed E-state index contributed by atoms with van der Waals surface area (Å²) in [5.74, 6) is -1.46. The maximum Gasteiger partial charge on any atom is 0.264 e. The average molecular weight is 580 g/mol. The smallest absolute Gasteiger partial charge is 0.264 e. The first-order valence-corrected chi connectivity index (χ1v) is 15.5. The van der Waals surface area contributed by atoms with Gasteiger partial charge in [-0.15, -0.1) is 0 Å². The van der Waals surface area contributed by atoms with E-state index in [0.29, 0.717) is 5.69 Å². The van der Waals surface area contributed by atoms with Gasteiger partial charge < -0.3 is 10.2 Å². The first-order chi connectivity index (χ1) is 19.6. The van der Waals surface area contributed by atoms with Crippen molar-refractivity contribution in [2.45, 2.75) is 76.4 Å². The van der Waals surface area contributed by atoms with E-state index in [9.17, 15) is 22.4 Å². The molecule has 1 fully saturated rings. The lowest BCUT2D eigenvalue weighted by atomic mass is 9.95. The van der Waals surface area contributed by atoms with E-state index >= 15 is 0 Å². The summed E-state index contributed by atoms with van der Waals surface area (Å²) in [7, 11) is -4.15. The monoisotopic (exact) mass is 579 g/mol. The third-order valence-electron chi connectivity index (χ3n) is 7.81. The molecule has 0 aliphatic heterocycles. The maximum absolute atomic E-state index is 14.7. The largest absolute Gasteiger partial charge is 0.352 e. The molecule has 1 saturated carbocycles. The number of aryl methyl sites for hydroxylation is 2. The predicted molar refractivity (Wildman–Crippen MR) is 158 cm³/mol. The van der Waals surface area contributed by atoms with Crippen LogP contribution in [0.25, 0.3) is 0 Å². The van der Waals surface area contributed by atoms with Crippen molar-refractivity contribution in [3.05, 3.63) is 95.3 Å². The summed E-state index contributed by atoms with van der Waals surface area (Å²) in [5.41, 5.74) is 2.41. The molecule has 0 saturated heterocycles. The van der Waals surface area contributed by atoms with Gasteiger partial charge in [-0.05, 0) is 75.1 Å². The van der Waals surface area contributed by atoms with Gasteiger partial charge in [-0.3, -0.25) is 13.9 Å². The number of benzene rings is 3. The number of hydrogen-bond donors (Lipinski definition) is 1. The quantitative estimate of drug-likeness (QED) is 0.344. The van der Waals surface area contributed by atoms with Crippen molar-refractivity contribution in [2.24, 2.45) is 0 Å². The molecule has 0 bridgehead atoms. The van der Waals surface area contributed by atoms with Crippen LogP contribution in [0.5, 0.6) is 0 Å². The second-order valence-corrected chi connectivity index (χ2v) is 12.6. The van der Waals surface area contributed by atoms with Crippen LogP contribution in [0.2, 0.25) is 0 Å². The lowest BCUT2D eigenvalue weighted by Gasteiger charge is -2.33. The number of nitrogens with zero attached hydrogens (tertiary/aromatic N) is 2. The van der Waals surface area contributed by atoms with E-state index < -0.39 is 34.3 Å². The van der Waals surface area contributed by atoms with Gasteiger partial charge in [-0.2, -0.15) is 0 Å². The number of halogens is 1. The zero-order valence-electron chi connectivity index (χ0n) is 23.8. The van der Waals surface area contributed by atoms with Crippen molar-refractivity contribution in [3.8, 4) is 0 Å². The molecule has 0 aromatic heterocycles. The summed E-state index contributed by atoms with van der Waals surface area (Å²) < 4.78 is 43.6. The van der Waals surface area contributed by atoms with E-state index in [1.165, 1.54) is 23.1 Å². The molecule has 218 valence electrons. The Balaban J connectivity index is 1.69. The highest BCUT2D eigenvalue weighted by Crippen LogP contribution is 2.27. The third kappa shape index (κ3) is 7.33. The summed E-state index contributed by atoms with van der Waals surface area (Å²) in [6.07, 6.45) is 4.92. The number of carbonyl (C=O) groups is 2. The van der Waals surface area contributed by atoms with Crippen LogP contribution < -0.4 is 9.62 Å². The summed E-state index contributed by atoms with van der Waals surface area (Å²) in [4.78, 5) is 28.7. The molecule has 1 aliphatic rings. The number of nitrogens with one attached hydrogen (secondary N) is 1. The van der Waals surface area contributed by atoms with Crippen LogP contribution in [-0.4, -0.2) is 43.8 Å². The van der Waals surface area contributed by atoms with E-state index in [2.05, 4.69) is 5.32 Å². The molecular weight excluding hydrogens is 541 g/mol. The van der Waals surface area contributed by atoms with Crippen LogP contribution >= 0.6 is 0 Å². The van der Waals surface area contributed by atoms with E-state index in [-0.39, 0.29) is 29.0 Å². The SMILES string of the molecule is Cc1ccc(N(CC(=O)N(Cc2ccccc2F)[C@H](C)C(=O)NC2CCCCC2)S(=O)(=O)c2ccccc2)cc1C. The maximum atomic E-state index is 14.7. The topological polar surface area (TPSA) is 86.8 Å². The Labute approximate surface area is 242 Å². The Morgan fingerprint density at radius 3 is 2.24 bits per heavy atom. The third-order valence-corrected chi connectivity index (χ3v) is 9.59. The fraction of sp³-hybridized carbons (Fsp3) is 0.375. The second kappa shape index (κ2) is 13.3. The van der Waals surface area contributed by atoms with Crippen molar-refractivity contribution in [3.63, 3.8) is 0 Å². The minimum absolute atomic E-state index is 0.0228. The lowest BCUT2D eigenvalue weighted by Crippen LogP contribution is -2.53. The lowest BCUT2D eigenvalue weighted by molar-refractivity contribution is -0.139. The van der Waals surface area contributed by atoms with Gasteiger partial charge >= 0.3 is 0 Å². The molecule has 0 unspecified atom stereocenters. The van der Waals surface area contributed by atoms with Crippen LogP contribution in [0.3, 0.4) is 0 Å². The van der Waals surface area contributed by atoms with Crippen molar-refractivity contribution < 1.29 is 22.4 Å². The summed E-state index contributed by atoms with van der Waals surface area (Å²) in [5, 5.41) is 3.05. The zero-order chi connectivity index (χ0) is 29.6. The summed E-state index contributed by atoms with van der Waals surface area (Å²) in [6.45, 7) is 4.65. The Hall–Kier alpha value is -3.72. The molecule has 7 nitrogen and oxygen atoms in total. The van der Waals surface area contributed by atoms with Gasteiger partial charge in [-0.1, -0.05) is 61.7 Å². The average Bonchev–Trinajstić information content (AvgIpc) is 2.97. The molecular formula is C32H38FN3O4S. The highest BCUT2D eigenvalue weighted by Gasteiger charge is 2.33. The number of amides is 2. The standard InChI is InChI=1S/C32H38FN3O4S/c1-23-18-19-28(20-24(23)2)36(41(39,40)29-15-8-5-9-16-29)22-31(37)35(21-26-12-10-11-17-30(26)33)25(3)32(38)34-27-13-6-4-7-14-27/h5,8-12,15-20,25,27H,4,6-7,13-14,21-22H2,1-3H3,(H,34,38)/t25-/m1/s1. The number of anilines is 1. The van der Waals surface area contributed by atoms with Crippen LogP contribution in [-0.2, 0) is 26.2 Å².